The number of rotatable bonds is 4. The van der Waals surface area contributed by atoms with Crippen LogP contribution in [0, 0.1) is 25.0 Å². The van der Waals surface area contributed by atoms with E-state index in [4.69, 9.17) is 10.00 Å². The van der Waals surface area contributed by atoms with Gasteiger partial charge in [-0.05, 0) is 34.7 Å². The lowest BCUT2D eigenvalue weighted by Crippen LogP contribution is -2.02. The molecule has 0 unspecified atom stereocenters. The van der Waals surface area contributed by atoms with Crippen LogP contribution in [0.1, 0.15) is 11.1 Å². The van der Waals surface area contributed by atoms with Gasteiger partial charge < -0.3 is 4.74 Å². The Labute approximate surface area is 143 Å². The van der Waals surface area contributed by atoms with Crippen LogP contribution < -0.4 is 4.74 Å². The highest BCUT2D eigenvalue weighted by Crippen LogP contribution is 2.34. The Bertz CT molecular complexity index is 743. The van der Waals surface area contributed by atoms with E-state index in [0.29, 0.717) is 3.57 Å². The fourth-order valence-corrected chi connectivity index (χ4v) is 2.85. The number of hydrogen-bond acceptors (Lipinski definition) is 4. The Kier molecular flexibility index (Phi) is 5.14. The maximum atomic E-state index is 11.1. The van der Waals surface area contributed by atoms with Crippen molar-refractivity contribution >= 4 is 44.2 Å². The van der Waals surface area contributed by atoms with Crippen molar-refractivity contribution in [3.05, 3.63) is 65.7 Å². The van der Waals surface area contributed by atoms with Crippen molar-refractivity contribution in [1.29, 1.82) is 5.26 Å². The smallest absolute Gasteiger partial charge is 0.313 e. The predicted molar refractivity (Wildman–Crippen MR) is 89.0 cm³/mol. The normalized spacial score (nSPS) is 9.95. The van der Waals surface area contributed by atoms with Gasteiger partial charge in [-0.25, -0.2) is 0 Å². The summed E-state index contributed by atoms with van der Waals surface area (Å²) in [6, 6.07) is 12.2. The highest BCUT2D eigenvalue weighted by atomic mass is 127. The lowest BCUT2D eigenvalue weighted by atomic mass is 10.2. The van der Waals surface area contributed by atoms with E-state index in [0.717, 1.165) is 10.0 Å². The number of nitro benzene ring substituents is 1. The van der Waals surface area contributed by atoms with Crippen molar-refractivity contribution in [2.24, 2.45) is 0 Å². The van der Waals surface area contributed by atoms with Gasteiger partial charge in [0, 0.05) is 16.1 Å². The molecule has 0 aliphatic rings. The second-order valence-corrected chi connectivity index (χ2v) is 6.07. The number of benzene rings is 2. The molecule has 2 aromatic rings. The van der Waals surface area contributed by atoms with Gasteiger partial charge in [0.15, 0.2) is 0 Å². The first-order chi connectivity index (χ1) is 10.0. The Morgan fingerprint density at radius 3 is 2.71 bits per heavy atom. The van der Waals surface area contributed by atoms with Gasteiger partial charge in [-0.15, -0.1) is 0 Å². The second kappa shape index (κ2) is 6.87. The molecule has 21 heavy (non-hydrogen) atoms. The summed E-state index contributed by atoms with van der Waals surface area (Å²) in [6.45, 7) is 0.199. The number of nitriles is 1. The van der Waals surface area contributed by atoms with Crippen LogP contribution in [0.4, 0.5) is 5.69 Å². The average Bonchev–Trinajstić information content (AvgIpc) is 2.46. The molecular weight excluding hydrogens is 451 g/mol. The van der Waals surface area contributed by atoms with E-state index in [1.807, 2.05) is 52.9 Å². The molecule has 0 saturated heterocycles. The molecular formula is C14H8BrIN2O3. The van der Waals surface area contributed by atoms with E-state index in [1.54, 1.807) is 6.07 Å². The first kappa shape index (κ1) is 15.7. The van der Waals surface area contributed by atoms with E-state index in [1.165, 1.54) is 6.07 Å². The van der Waals surface area contributed by atoms with Crippen LogP contribution in [0.5, 0.6) is 5.75 Å². The Hall–Kier alpha value is -1.66. The standard InChI is InChI=1S/C14H8BrIN2O3/c15-11-4-2-1-3-10(11)8-21-14-12(16)5-9(7-17)6-13(14)18(19)20/h1-6H,8H2. The number of nitrogens with zero attached hydrogens (tertiary/aromatic N) is 2. The third-order valence-electron chi connectivity index (χ3n) is 2.68. The molecule has 0 saturated carbocycles. The van der Waals surface area contributed by atoms with Crippen molar-refractivity contribution in [3.8, 4) is 11.8 Å². The molecule has 0 amide bonds. The van der Waals surface area contributed by atoms with E-state index in [9.17, 15) is 10.1 Å². The summed E-state index contributed by atoms with van der Waals surface area (Å²) in [4.78, 5) is 10.6. The van der Waals surface area contributed by atoms with Crippen molar-refractivity contribution in [1.82, 2.24) is 0 Å². The van der Waals surface area contributed by atoms with Gasteiger partial charge in [-0.3, -0.25) is 10.1 Å². The van der Waals surface area contributed by atoms with E-state index >= 15 is 0 Å². The number of hydrogen-bond donors (Lipinski definition) is 0. The van der Waals surface area contributed by atoms with E-state index in [-0.39, 0.29) is 23.6 Å². The SMILES string of the molecule is N#Cc1cc(I)c(OCc2ccccc2Br)c([N+](=O)[O-])c1. The summed E-state index contributed by atoms with van der Waals surface area (Å²) in [5.41, 5.74) is 0.914. The van der Waals surface area contributed by atoms with Crippen LogP contribution in [-0.4, -0.2) is 4.92 Å². The molecule has 5 nitrogen and oxygen atoms in total. The van der Waals surface area contributed by atoms with Gasteiger partial charge in [-0.1, -0.05) is 34.1 Å². The topological polar surface area (TPSA) is 76.2 Å². The molecule has 7 heteroatoms. The lowest BCUT2D eigenvalue weighted by Gasteiger charge is -2.10. The minimum absolute atomic E-state index is 0.176. The molecule has 0 atom stereocenters. The van der Waals surface area contributed by atoms with Crippen molar-refractivity contribution < 1.29 is 9.66 Å². The molecule has 0 bridgehead atoms. The maximum absolute atomic E-state index is 11.1. The fraction of sp³-hybridized carbons (Fsp3) is 0.0714. The fourth-order valence-electron chi connectivity index (χ4n) is 1.69. The molecule has 0 aliphatic heterocycles. The maximum Gasteiger partial charge on any atom is 0.313 e. The summed E-state index contributed by atoms with van der Waals surface area (Å²) in [7, 11) is 0. The van der Waals surface area contributed by atoms with Gasteiger partial charge in [0.2, 0.25) is 5.75 Å². The summed E-state index contributed by atoms with van der Waals surface area (Å²) in [5, 5.41) is 20.0. The van der Waals surface area contributed by atoms with Crippen molar-refractivity contribution in [3.63, 3.8) is 0 Å². The van der Waals surface area contributed by atoms with Crippen LogP contribution >= 0.6 is 38.5 Å². The third kappa shape index (κ3) is 3.71. The monoisotopic (exact) mass is 458 g/mol. The molecule has 0 heterocycles. The summed E-state index contributed by atoms with van der Waals surface area (Å²) in [5.74, 6) is 0.176. The Morgan fingerprint density at radius 1 is 1.38 bits per heavy atom. The van der Waals surface area contributed by atoms with E-state index in [2.05, 4.69) is 15.9 Å². The van der Waals surface area contributed by atoms with Crippen LogP contribution in [0.2, 0.25) is 0 Å². The molecule has 0 aromatic heterocycles. The molecule has 106 valence electrons. The van der Waals surface area contributed by atoms with E-state index < -0.39 is 4.92 Å². The second-order valence-electron chi connectivity index (χ2n) is 4.06. The number of halogens is 2. The minimum atomic E-state index is -0.543. The highest BCUT2D eigenvalue weighted by molar-refractivity contribution is 14.1. The Balaban J connectivity index is 2.34. The molecule has 2 aromatic carbocycles. The largest absolute Gasteiger partial charge is 0.481 e. The molecule has 0 N–H and O–H groups in total. The summed E-state index contributed by atoms with van der Waals surface area (Å²) < 4.78 is 7.01. The zero-order valence-electron chi connectivity index (χ0n) is 10.5. The number of ether oxygens (including phenoxy) is 1. The van der Waals surface area contributed by atoms with Crippen LogP contribution in [-0.2, 0) is 6.61 Å². The van der Waals surface area contributed by atoms with Gasteiger partial charge in [0.05, 0.1) is 20.1 Å². The van der Waals surface area contributed by atoms with Crippen LogP contribution in [0.15, 0.2) is 40.9 Å². The zero-order chi connectivity index (χ0) is 15.4. The van der Waals surface area contributed by atoms with Crippen LogP contribution in [0.25, 0.3) is 0 Å². The Morgan fingerprint density at radius 2 is 2.10 bits per heavy atom. The van der Waals surface area contributed by atoms with Crippen molar-refractivity contribution in [2.75, 3.05) is 0 Å². The predicted octanol–water partition coefficient (Wildman–Crippen LogP) is 4.41. The summed E-state index contributed by atoms with van der Waals surface area (Å²) in [6.07, 6.45) is 0. The van der Waals surface area contributed by atoms with Gasteiger partial charge in [0.1, 0.15) is 6.61 Å². The third-order valence-corrected chi connectivity index (χ3v) is 4.25. The lowest BCUT2D eigenvalue weighted by molar-refractivity contribution is -0.386. The molecule has 0 spiro atoms. The molecule has 2 rings (SSSR count). The first-order valence-corrected chi connectivity index (χ1v) is 7.64. The van der Waals surface area contributed by atoms with Crippen LogP contribution in [0.3, 0.4) is 0 Å². The highest BCUT2D eigenvalue weighted by Gasteiger charge is 2.20. The zero-order valence-corrected chi connectivity index (χ0v) is 14.3. The quantitative estimate of drug-likeness (QED) is 0.386. The van der Waals surface area contributed by atoms with Crippen molar-refractivity contribution in [2.45, 2.75) is 6.61 Å². The molecule has 0 fully saturated rings. The van der Waals surface area contributed by atoms with Gasteiger partial charge in [0.25, 0.3) is 0 Å². The molecule has 0 radical (unpaired) electrons. The van der Waals surface area contributed by atoms with Gasteiger partial charge in [-0.2, -0.15) is 5.26 Å². The molecule has 0 aliphatic carbocycles. The minimum Gasteiger partial charge on any atom is -0.481 e. The summed E-state index contributed by atoms with van der Waals surface area (Å²) >= 11 is 5.33. The average molecular weight is 459 g/mol. The van der Waals surface area contributed by atoms with Gasteiger partial charge >= 0.3 is 5.69 Å². The number of nitro groups is 1. The first-order valence-electron chi connectivity index (χ1n) is 5.77.